The molecule has 0 N–H and O–H groups in total. The molecular weight excluding hydrogens is 154 g/mol. The van der Waals surface area contributed by atoms with Crippen LogP contribution < -0.4 is 0 Å². The van der Waals surface area contributed by atoms with Gasteiger partial charge in [0.2, 0.25) is 0 Å². The van der Waals surface area contributed by atoms with Gasteiger partial charge >= 0.3 is 6.71 Å². The predicted molar refractivity (Wildman–Crippen MR) is 43.6 cm³/mol. The average molecular weight is 163 g/mol. The third kappa shape index (κ3) is 4.51. The maximum atomic E-state index is 10.6. The topological polar surface area (TPSA) is 51.2 Å². The summed E-state index contributed by atoms with van der Waals surface area (Å²) in [4.78, 5) is 31.8. The average Bonchev–Trinajstić information content (AvgIpc) is 1.59. The number of rotatable bonds is 3. The summed E-state index contributed by atoms with van der Waals surface area (Å²) >= 11 is 0. The van der Waals surface area contributed by atoms with E-state index in [1.807, 2.05) is 0 Å². The molecule has 0 amide bonds. The van der Waals surface area contributed by atoms with E-state index in [-0.39, 0.29) is 46.6 Å². The van der Waals surface area contributed by atoms with E-state index in [0.717, 1.165) is 0 Å². The summed E-state index contributed by atoms with van der Waals surface area (Å²) < 4.78 is 0. The van der Waals surface area contributed by atoms with Gasteiger partial charge in [-0.25, -0.2) is 0 Å². The Balaban J connectivity index is 0. The molecule has 0 aliphatic rings. The summed E-state index contributed by atoms with van der Waals surface area (Å²) in [6.07, 6.45) is 0. The van der Waals surface area contributed by atoms with E-state index in [4.69, 9.17) is 0 Å². The van der Waals surface area contributed by atoms with Crippen LogP contribution in [0.5, 0.6) is 0 Å². The fraction of sp³-hybridized carbons (Fsp3) is 0.500. The Bertz CT molecular complexity index is 157. The van der Waals surface area contributed by atoms with Gasteiger partial charge in [0.05, 0.1) is 0 Å². The summed E-state index contributed by atoms with van der Waals surface area (Å²) in [6.45, 7) is 2.70. The Morgan fingerprint density at radius 3 is 1.00 bits per heavy atom. The fourth-order valence-corrected chi connectivity index (χ4v) is 0.859. The van der Waals surface area contributed by atoms with Gasteiger partial charge < -0.3 is 14.4 Å². The maximum absolute atomic E-state index is 10.6. The van der Waals surface area contributed by atoms with Gasteiger partial charge in [-0.2, -0.15) is 0 Å². The zero-order valence-electron chi connectivity index (χ0n) is 7.30. The van der Waals surface area contributed by atoms with E-state index >= 15 is 0 Å². The van der Waals surface area contributed by atoms with E-state index in [1.165, 1.54) is 20.8 Å². The Hall–Kier alpha value is 0.0749. The number of hydrogen-bond donors (Lipinski definition) is 0. The number of carbonyl (C=O) groups excluding carboxylic acids is 3. The fourth-order valence-electron chi connectivity index (χ4n) is 0.859. The molecule has 0 atom stereocenters. The zero-order chi connectivity index (χ0) is 8.31. The van der Waals surface area contributed by atoms with E-state index < -0.39 is 6.71 Å². The Morgan fingerprint density at radius 1 is 0.818 bits per heavy atom. The Labute approximate surface area is 88.3 Å². The van der Waals surface area contributed by atoms with Crippen LogP contribution in [0.2, 0.25) is 0 Å². The molecule has 5 heteroatoms. The first-order valence-electron chi connectivity index (χ1n) is 2.98. The van der Waals surface area contributed by atoms with Crippen LogP contribution in [-0.2, 0) is 14.4 Å². The molecule has 1 radical (unpaired) electrons. The van der Waals surface area contributed by atoms with Gasteiger partial charge in [-0.05, 0) is 20.8 Å². The van der Waals surface area contributed by atoms with Gasteiger partial charge in [-0.1, -0.05) is 0 Å². The Kier molecular flexibility index (Phi) is 7.06. The first-order valence-corrected chi connectivity index (χ1v) is 2.98. The quantitative estimate of drug-likeness (QED) is 0.526. The van der Waals surface area contributed by atoms with Gasteiger partial charge in [0.25, 0.3) is 0 Å². The molecule has 3 nitrogen and oxygen atoms in total. The molecule has 0 aromatic rings. The molecule has 0 aliphatic heterocycles. The van der Waals surface area contributed by atoms with Crippen LogP contribution in [0.25, 0.3) is 0 Å². The SMILES string of the molecule is CC(=O)B(C(C)=O)C(C)=O.[Na]. The molecule has 55 valence electrons. The van der Waals surface area contributed by atoms with Crippen molar-refractivity contribution in [2.75, 3.05) is 0 Å². The third-order valence-electron chi connectivity index (χ3n) is 1.22. The van der Waals surface area contributed by atoms with E-state index in [0.29, 0.717) is 0 Å². The second kappa shape index (κ2) is 5.69. The monoisotopic (exact) mass is 163 g/mol. The third-order valence-corrected chi connectivity index (χ3v) is 1.22. The van der Waals surface area contributed by atoms with Crippen LogP contribution >= 0.6 is 0 Å². The van der Waals surface area contributed by atoms with Crippen LogP contribution in [0.1, 0.15) is 20.8 Å². The van der Waals surface area contributed by atoms with E-state index in [1.54, 1.807) is 0 Å². The second-order valence-corrected chi connectivity index (χ2v) is 2.26. The minimum absolute atomic E-state index is 0. The zero-order valence-corrected chi connectivity index (χ0v) is 9.30. The van der Waals surface area contributed by atoms with Crippen molar-refractivity contribution in [3.8, 4) is 0 Å². The van der Waals surface area contributed by atoms with Crippen LogP contribution in [0, 0.1) is 0 Å². The van der Waals surface area contributed by atoms with Crippen molar-refractivity contribution in [1.29, 1.82) is 0 Å². The molecule has 0 saturated heterocycles. The summed E-state index contributed by atoms with van der Waals surface area (Å²) in [6, 6.07) is 0. The van der Waals surface area contributed by atoms with Crippen LogP contribution in [0.3, 0.4) is 0 Å². The van der Waals surface area contributed by atoms with Gasteiger partial charge in [-0.15, -0.1) is 0 Å². The van der Waals surface area contributed by atoms with Gasteiger partial charge in [0, 0.05) is 29.6 Å². The smallest absolute Gasteiger partial charge is 0.310 e. The van der Waals surface area contributed by atoms with Gasteiger partial charge in [0.15, 0.2) is 0 Å². The normalized spacial score (nSPS) is 7.91. The summed E-state index contributed by atoms with van der Waals surface area (Å²) in [5, 5.41) is 0. The Morgan fingerprint density at radius 2 is 1.00 bits per heavy atom. The van der Waals surface area contributed by atoms with Crippen molar-refractivity contribution < 1.29 is 14.4 Å². The number of hydrogen-bond acceptors (Lipinski definition) is 3. The largest absolute Gasteiger partial charge is 0.375 e. The minimum atomic E-state index is -1.03. The molecule has 0 heterocycles. The molecule has 0 aromatic carbocycles. The first kappa shape index (κ1) is 13.7. The van der Waals surface area contributed by atoms with E-state index in [9.17, 15) is 14.4 Å². The molecule has 11 heavy (non-hydrogen) atoms. The van der Waals surface area contributed by atoms with Crippen molar-refractivity contribution in [3.63, 3.8) is 0 Å². The molecule has 0 spiro atoms. The van der Waals surface area contributed by atoms with Crippen molar-refractivity contribution >= 4 is 53.3 Å². The van der Waals surface area contributed by atoms with Crippen LogP contribution in [-0.4, -0.2) is 53.3 Å². The van der Waals surface area contributed by atoms with Crippen LogP contribution in [0.4, 0.5) is 0 Å². The molecule has 0 saturated carbocycles. The first-order chi connectivity index (χ1) is 4.46. The van der Waals surface area contributed by atoms with Gasteiger partial charge in [0.1, 0.15) is 17.0 Å². The van der Waals surface area contributed by atoms with Crippen LogP contribution in [0.15, 0.2) is 0 Å². The second-order valence-electron chi connectivity index (χ2n) is 2.26. The number of carbonyl (C=O) groups is 3. The molecule has 0 unspecified atom stereocenters. The molecule has 0 bridgehead atoms. The molecule has 0 fully saturated rings. The minimum Gasteiger partial charge on any atom is -0.310 e. The van der Waals surface area contributed by atoms with E-state index in [2.05, 4.69) is 0 Å². The summed E-state index contributed by atoms with van der Waals surface area (Å²) in [5.74, 6) is 0. The van der Waals surface area contributed by atoms with Gasteiger partial charge in [-0.3, -0.25) is 0 Å². The summed E-state index contributed by atoms with van der Waals surface area (Å²) in [7, 11) is 0. The summed E-state index contributed by atoms with van der Waals surface area (Å²) in [5.41, 5.74) is -1.12. The standard InChI is InChI=1S/C6H9BO3.Na/c1-4(8)7(5(2)9)6(3)10;/h1-3H3;. The van der Waals surface area contributed by atoms with Crippen molar-refractivity contribution in [2.24, 2.45) is 0 Å². The molecular formula is C6H9BNaO3. The molecule has 0 rings (SSSR count). The molecule has 0 aromatic heterocycles. The van der Waals surface area contributed by atoms with Crippen molar-refractivity contribution in [3.05, 3.63) is 0 Å². The predicted octanol–water partition coefficient (Wildman–Crippen LogP) is -0.515. The molecule has 0 aliphatic carbocycles. The van der Waals surface area contributed by atoms with Crippen molar-refractivity contribution in [2.45, 2.75) is 20.8 Å². The van der Waals surface area contributed by atoms with Crippen molar-refractivity contribution in [1.82, 2.24) is 0 Å². The maximum Gasteiger partial charge on any atom is 0.375 e.